The van der Waals surface area contributed by atoms with E-state index in [1.165, 1.54) is 28.1 Å². The standard InChI is InChI=1S/C10H13N5O4.C10H12N4O5.C4H9NO2S/c11-8-5-9(13-2-12-8)15(3-14-5)10-7(18)6(17)4(1-16)19-10;15-1-4-6(16)7(17)10(19-4)14-3-13-5-8(14)11-2-12-9(5)18;5-3(1-2-8)4(6)7/h2-4,6-7,10,16-18H,1H2,(H2,11,12,13);2-4,6-7,10,15-17H,1H2,(H,11,12,18);3,8H,1-2,5H2,(H,6,7)/t2*4-,6-,7-,10-;3-/m110/s1. The maximum atomic E-state index is 9.95. The number of hydrogen-bond acceptors (Lipinski definition) is 19. The Morgan fingerprint density at radius 3 is 1.74 bits per heavy atom. The van der Waals surface area contributed by atoms with E-state index < -0.39 is 74.3 Å². The number of aliphatic hydroxyl groups is 6. The highest BCUT2D eigenvalue weighted by Gasteiger charge is 2.45. The van der Waals surface area contributed by atoms with Crippen molar-refractivity contribution in [2.24, 2.45) is 5.73 Å². The van der Waals surface area contributed by atoms with Crippen LogP contribution in [-0.2, 0) is 14.3 Å². The molecule has 0 bridgehead atoms. The lowest BCUT2D eigenvalue weighted by Crippen LogP contribution is -2.33. The van der Waals surface area contributed by atoms with Crippen molar-refractivity contribution in [3.63, 3.8) is 0 Å². The second-order valence-electron chi connectivity index (χ2n) is 10.0. The number of imidazole rings is 2. The number of aliphatic hydroxyl groups excluding tert-OH is 6. The van der Waals surface area contributed by atoms with Crippen molar-refractivity contribution < 1.29 is 55.1 Å². The number of aromatic hydroxyl groups is 1. The highest BCUT2D eigenvalue weighted by molar-refractivity contribution is 7.80. The molecule has 0 saturated carbocycles. The van der Waals surface area contributed by atoms with Crippen molar-refractivity contribution in [2.45, 2.75) is 61.5 Å². The van der Waals surface area contributed by atoms with Crippen LogP contribution in [0.4, 0.5) is 5.82 Å². The van der Waals surface area contributed by atoms with Gasteiger partial charge in [-0.1, -0.05) is 0 Å². The van der Waals surface area contributed by atoms with Crippen LogP contribution in [0.25, 0.3) is 22.3 Å². The molecule has 0 amide bonds. The van der Waals surface area contributed by atoms with Gasteiger partial charge in [0.25, 0.3) is 0 Å². The van der Waals surface area contributed by atoms with Crippen LogP contribution in [0, 0.1) is 0 Å². The molecule has 2 fully saturated rings. The maximum absolute atomic E-state index is 9.95. The van der Waals surface area contributed by atoms with Crippen LogP contribution in [0.5, 0.6) is 5.88 Å². The van der Waals surface area contributed by atoms with Crippen LogP contribution in [0.15, 0.2) is 25.3 Å². The van der Waals surface area contributed by atoms with E-state index in [4.69, 9.17) is 36.3 Å². The molecule has 12 N–H and O–H groups in total. The first kappa shape index (κ1) is 35.0. The van der Waals surface area contributed by atoms with Crippen molar-refractivity contribution in [3.8, 4) is 5.88 Å². The second-order valence-corrected chi connectivity index (χ2v) is 10.5. The van der Waals surface area contributed by atoms with Gasteiger partial charge in [-0.2, -0.15) is 17.6 Å². The number of carboxylic acids is 1. The summed E-state index contributed by atoms with van der Waals surface area (Å²) in [6.07, 6.45) is -2.78. The Kier molecular flexibility index (Phi) is 11.5. The number of rotatable bonds is 7. The van der Waals surface area contributed by atoms with E-state index in [1.807, 2.05) is 0 Å². The molecule has 2 aliphatic heterocycles. The van der Waals surface area contributed by atoms with Crippen LogP contribution in [0.1, 0.15) is 18.9 Å². The Labute approximate surface area is 264 Å². The normalized spacial score (nSPS) is 28.0. The van der Waals surface area contributed by atoms with Gasteiger partial charge in [-0.25, -0.2) is 24.9 Å². The fraction of sp³-hybridized carbons (Fsp3) is 0.542. The van der Waals surface area contributed by atoms with Crippen LogP contribution < -0.4 is 11.5 Å². The van der Waals surface area contributed by atoms with E-state index >= 15 is 0 Å². The zero-order chi connectivity index (χ0) is 33.7. The lowest BCUT2D eigenvalue weighted by molar-refractivity contribution is -0.138. The quantitative estimate of drug-likeness (QED) is 0.0832. The van der Waals surface area contributed by atoms with E-state index in [-0.39, 0.29) is 22.9 Å². The number of nitrogens with two attached hydrogens (primary N) is 2. The molecular formula is C24H34N10O11S. The van der Waals surface area contributed by atoms with Crippen LogP contribution in [-0.4, -0.2) is 147 Å². The SMILES string of the molecule is N[C@@H](CCS)C(=O)O.Nc1ncnc2c1ncn2[C@@H]1O[C@H](CO)[C@@H](O)[C@H]1O.OC[C@H]1O[C@@H](n2cnc3c(O)ncnc32)[C@H](O)[C@@H]1O. The average Bonchev–Trinajstić information content (AvgIpc) is 3.80. The molecule has 2 aliphatic rings. The van der Waals surface area contributed by atoms with Crippen molar-refractivity contribution >= 4 is 46.7 Å². The molecule has 9 atom stereocenters. The van der Waals surface area contributed by atoms with E-state index in [2.05, 4.69) is 42.5 Å². The first-order chi connectivity index (χ1) is 21.9. The van der Waals surface area contributed by atoms with Gasteiger partial charge in [0.1, 0.15) is 60.8 Å². The monoisotopic (exact) mass is 670 g/mol. The molecule has 2 saturated heterocycles. The molecule has 6 rings (SSSR count). The largest absolute Gasteiger partial charge is 0.492 e. The number of ether oxygens (including phenoxy) is 2. The predicted octanol–water partition coefficient (Wildman–Crippen LogP) is -4.12. The Hall–Kier alpha value is -3.84. The zero-order valence-corrected chi connectivity index (χ0v) is 24.7. The number of hydrogen-bond donors (Lipinski definition) is 11. The van der Waals surface area contributed by atoms with Gasteiger partial charge >= 0.3 is 5.97 Å². The molecule has 22 heteroatoms. The summed E-state index contributed by atoms with van der Waals surface area (Å²) >= 11 is 3.81. The maximum Gasteiger partial charge on any atom is 0.320 e. The Balaban J connectivity index is 0.000000170. The third kappa shape index (κ3) is 7.10. The first-order valence-corrected chi connectivity index (χ1v) is 14.2. The van der Waals surface area contributed by atoms with Gasteiger partial charge in [0.15, 0.2) is 35.1 Å². The van der Waals surface area contributed by atoms with Gasteiger partial charge in [0.05, 0.1) is 25.9 Å². The summed E-state index contributed by atoms with van der Waals surface area (Å²) in [5.74, 6) is -0.502. The van der Waals surface area contributed by atoms with Crippen LogP contribution in [0.3, 0.4) is 0 Å². The molecule has 0 radical (unpaired) electrons. The molecule has 0 spiro atoms. The first-order valence-electron chi connectivity index (χ1n) is 13.6. The predicted molar refractivity (Wildman–Crippen MR) is 157 cm³/mol. The summed E-state index contributed by atoms with van der Waals surface area (Å²) in [5, 5.41) is 75.1. The minimum Gasteiger partial charge on any atom is -0.492 e. The van der Waals surface area contributed by atoms with Gasteiger partial charge in [0, 0.05) is 0 Å². The number of thiol groups is 1. The average molecular weight is 671 g/mol. The molecule has 0 aromatic carbocycles. The Morgan fingerprint density at radius 2 is 1.30 bits per heavy atom. The Bertz CT molecular complexity index is 1510. The van der Waals surface area contributed by atoms with E-state index in [0.717, 1.165) is 6.33 Å². The molecule has 46 heavy (non-hydrogen) atoms. The summed E-state index contributed by atoms with van der Waals surface area (Å²) < 4.78 is 13.6. The topological polar surface area (TPSA) is 337 Å². The number of aromatic nitrogens is 8. The number of carbonyl (C=O) groups is 1. The highest BCUT2D eigenvalue weighted by Crippen LogP contribution is 2.33. The summed E-state index contributed by atoms with van der Waals surface area (Å²) in [6, 6.07) is -0.743. The van der Waals surface area contributed by atoms with Crippen molar-refractivity contribution in [1.82, 2.24) is 39.0 Å². The zero-order valence-electron chi connectivity index (χ0n) is 23.8. The van der Waals surface area contributed by atoms with Crippen molar-refractivity contribution in [3.05, 3.63) is 25.3 Å². The third-order valence-electron chi connectivity index (χ3n) is 7.07. The second kappa shape index (κ2) is 15.2. The number of fused-ring (bicyclic) bond motifs is 2. The minimum absolute atomic E-state index is 0.167. The highest BCUT2D eigenvalue weighted by atomic mass is 32.1. The fourth-order valence-corrected chi connectivity index (χ4v) is 4.84. The molecule has 6 heterocycles. The number of nitrogens with zero attached hydrogens (tertiary/aromatic N) is 8. The number of anilines is 1. The van der Waals surface area contributed by atoms with E-state index in [0.29, 0.717) is 23.3 Å². The summed E-state index contributed by atoms with van der Waals surface area (Å²) in [7, 11) is 0. The Morgan fingerprint density at radius 1 is 0.826 bits per heavy atom. The molecular weight excluding hydrogens is 636 g/mol. The van der Waals surface area contributed by atoms with E-state index in [9.17, 15) is 30.3 Å². The molecule has 21 nitrogen and oxygen atoms in total. The van der Waals surface area contributed by atoms with Gasteiger partial charge < -0.3 is 61.8 Å². The molecule has 0 aliphatic carbocycles. The number of nitrogen functional groups attached to an aromatic ring is 1. The molecule has 4 aromatic rings. The summed E-state index contributed by atoms with van der Waals surface area (Å²) in [5.41, 5.74) is 12.0. The summed E-state index contributed by atoms with van der Waals surface area (Å²) in [4.78, 5) is 33.3. The lowest BCUT2D eigenvalue weighted by Gasteiger charge is -2.16. The van der Waals surface area contributed by atoms with Gasteiger partial charge in [-0.05, 0) is 12.2 Å². The smallest absolute Gasteiger partial charge is 0.320 e. The fourth-order valence-electron chi connectivity index (χ4n) is 4.56. The number of aliphatic carboxylic acids is 1. The lowest BCUT2D eigenvalue weighted by atomic mass is 10.1. The third-order valence-corrected chi connectivity index (χ3v) is 7.32. The molecule has 4 aromatic heterocycles. The minimum atomic E-state index is -1.23. The van der Waals surface area contributed by atoms with Crippen LogP contribution in [0.2, 0.25) is 0 Å². The van der Waals surface area contributed by atoms with Gasteiger partial charge in [-0.15, -0.1) is 0 Å². The van der Waals surface area contributed by atoms with Crippen LogP contribution >= 0.6 is 12.6 Å². The molecule has 252 valence electrons. The van der Waals surface area contributed by atoms with Crippen molar-refractivity contribution in [2.75, 3.05) is 24.7 Å². The van der Waals surface area contributed by atoms with Gasteiger partial charge in [0.2, 0.25) is 5.88 Å². The number of carboxylic acid groups (broad SMARTS) is 1. The summed E-state index contributed by atoms with van der Waals surface area (Å²) in [6.45, 7) is -0.805. The van der Waals surface area contributed by atoms with E-state index in [1.54, 1.807) is 0 Å². The molecule has 0 unspecified atom stereocenters. The van der Waals surface area contributed by atoms with Gasteiger partial charge in [-0.3, -0.25) is 13.9 Å². The van der Waals surface area contributed by atoms with Crippen molar-refractivity contribution in [1.29, 1.82) is 0 Å².